The molecule has 0 saturated heterocycles. The maximum atomic E-state index is 12.0. The average Bonchev–Trinajstić information content (AvgIpc) is 3.02. The van der Waals surface area contributed by atoms with Gasteiger partial charge in [0, 0.05) is 19.5 Å². The molecule has 0 bridgehead atoms. The highest BCUT2D eigenvalue weighted by molar-refractivity contribution is 5.93. The van der Waals surface area contributed by atoms with Gasteiger partial charge in [0.2, 0.25) is 5.91 Å². The molecule has 0 radical (unpaired) electrons. The van der Waals surface area contributed by atoms with Crippen LogP contribution < -0.4 is 20.1 Å². The standard InChI is InChI=1S/C17H20N2O5/c1-11(20)19-16-7-6-15(24-16)17(21)18-9-8-12-10-13(22-2)4-5-14(12)23-3/h4-7,10H,8-9H2,1-3H3,(H,18,21)(H,19,20). The van der Waals surface area contributed by atoms with Gasteiger partial charge in [0.15, 0.2) is 11.6 Å². The molecule has 1 heterocycles. The monoisotopic (exact) mass is 332 g/mol. The number of hydrogen-bond donors (Lipinski definition) is 2. The number of carbonyl (C=O) groups is 2. The number of nitrogens with one attached hydrogen (secondary N) is 2. The molecule has 2 amide bonds. The van der Waals surface area contributed by atoms with Crippen LogP contribution in [0.4, 0.5) is 5.88 Å². The lowest BCUT2D eigenvalue weighted by molar-refractivity contribution is -0.114. The number of carbonyl (C=O) groups excluding carboxylic acids is 2. The van der Waals surface area contributed by atoms with Crippen LogP contribution in [0.5, 0.6) is 11.5 Å². The number of benzene rings is 1. The van der Waals surface area contributed by atoms with E-state index in [0.29, 0.717) is 13.0 Å². The number of rotatable bonds is 7. The Balaban J connectivity index is 1.93. The van der Waals surface area contributed by atoms with Crippen molar-refractivity contribution in [3.05, 3.63) is 41.7 Å². The van der Waals surface area contributed by atoms with E-state index < -0.39 is 0 Å². The van der Waals surface area contributed by atoms with Crippen molar-refractivity contribution < 1.29 is 23.5 Å². The first-order valence-electron chi connectivity index (χ1n) is 7.40. The summed E-state index contributed by atoms with van der Waals surface area (Å²) in [4.78, 5) is 23.0. The van der Waals surface area contributed by atoms with Crippen molar-refractivity contribution in [2.75, 3.05) is 26.1 Å². The zero-order valence-electron chi connectivity index (χ0n) is 13.8. The summed E-state index contributed by atoms with van der Waals surface area (Å²) in [6.45, 7) is 1.77. The third-order valence-corrected chi connectivity index (χ3v) is 3.30. The van der Waals surface area contributed by atoms with Crippen LogP contribution in [-0.4, -0.2) is 32.6 Å². The van der Waals surface area contributed by atoms with E-state index in [9.17, 15) is 9.59 Å². The summed E-state index contributed by atoms with van der Waals surface area (Å²) in [7, 11) is 3.19. The first kappa shape index (κ1) is 17.4. The van der Waals surface area contributed by atoms with E-state index in [1.54, 1.807) is 14.2 Å². The molecule has 2 rings (SSSR count). The molecular weight excluding hydrogens is 312 g/mol. The minimum absolute atomic E-state index is 0.136. The molecule has 7 nitrogen and oxygen atoms in total. The van der Waals surface area contributed by atoms with Crippen LogP contribution in [0, 0.1) is 0 Å². The summed E-state index contributed by atoms with van der Waals surface area (Å²) in [5, 5.41) is 5.23. The predicted molar refractivity (Wildman–Crippen MR) is 88.6 cm³/mol. The number of hydrogen-bond acceptors (Lipinski definition) is 5. The molecule has 0 aliphatic heterocycles. The maximum Gasteiger partial charge on any atom is 0.287 e. The van der Waals surface area contributed by atoms with Gasteiger partial charge in [-0.25, -0.2) is 0 Å². The lowest BCUT2D eigenvalue weighted by Crippen LogP contribution is -2.25. The fourth-order valence-corrected chi connectivity index (χ4v) is 2.18. The van der Waals surface area contributed by atoms with Gasteiger partial charge < -0.3 is 19.2 Å². The largest absolute Gasteiger partial charge is 0.497 e. The molecule has 0 unspecified atom stereocenters. The lowest BCUT2D eigenvalue weighted by Gasteiger charge is -2.10. The summed E-state index contributed by atoms with van der Waals surface area (Å²) in [6, 6.07) is 8.54. The summed E-state index contributed by atoms with van der Waals surface area (Å²) in [5.74, 6) is 1.22. The molecule has 24 heavy (non-hydrogen) atoms. The molecule has 7 heteroatoms. The van der Waals surface area contributed by atoms with E-state index in [1.165, 1.54) is 19.1 Å². The Bertz CT molecular complexity index is 724. The van der Waals surface area contributed by atoms with E-state index in [4.69, 9.17) is 13.9 Å². The third kappa shape index (κ3) is 4.52. The van der Waals surface area contributed by atoms with Crippen LogP contribution in [0.2, 0.25) is 0 Å². The second-order valence-electron chi connectivity index (χ2n) is 5.03. The van der Waals surface area contributed by atoms with Gasteiger partial charge in [0.25, 0.3) is 5.91 Å². The topological polar surface area (TPSA) is 89.8 Å². The SMILES string of the molecule is COc1ccc(OC)c(CCNC(=O)c2ccc(NC(C)=O)o2)c1. The van der Waals surface area contributed by atoms with Gasteiger partial charge in [0.1, 0.15) is 11.5 Å². The van der Waals surface area contributed by atoms with Gasteiger partial charge in [-0.1, -0.05) is 0 Å². The second-order valence-corrected chi connectivity index (χ2v) is 5.03. The fraction of sp³-hybridized carbons (Fsp3) is 0.294. The third-order valence-electron chi connectivity index (χ3n) is 3.30. The van der Waals surface area contributed by atoms with E-state index in [0.717, 1.165) is 17.1 Å². The zero-order chi connectivity index (χ0) is 17.5. The van der Waals surface area contributed by atoms with Crippen LogP contribution in [0.25, 0.3) is 0 Å². The molecule has 2 N–H and O–H groups in total. The highest BCUT2D eigenvalue weighted by Crippen LogP contribution is 2.24. The predicted octanol–water partition coefficient (Wildman–Crippen LogP) is 2.23. The van der Waals surface area contributed by atoms with Gasteiger partial charge in [-0.15, -0.1) is 0 Å². The Morgan fingerprint density at radius 2 is 1.92 bits per heavy atom. The van der Waals surface area contributed by atoms with E-state index in [1.807, 2.05) is 18.2 Å². The average molecular weight is 332 g/mol. The highest BCUT2D eigenvalue weighted by Gasteiger charge is 2.12. The fourth-order valence-electron chi connectivity index (χ4n) is 2.18. The van der Waals surface area contributed by atoms with Crippen molar-refractivity contribution >= 4 is 17.7 Å². The Morgan fingerprint density at radius 1 is 1.12 bits per heavy atom. The van der Waals surface area contributed by atoms with E-state index in [-0.39, 0.29) is 23.5 Å². The van der Waals surface area contributed by atoms with Crippen LogP contribution in [-0.2, 0) is 11.2 Å². The van der Waals surface area contributed by atoms with Crippen LogP contribution >= 0.6 is 0 Å². The van der Waals surface area contributed by atoms with E-state index in [2.05, 4.69) is 10.6 Å². The molecule has 0 aliphatic rings. The summed E-state index contributed by atoms with van der Waals surface area (Å²) < 4.78 is 15.7. The van der Waals surface area contributed by atoms with Crippen LogP contribution in [0.1, 0.15) is 23.0 Å². The second kappa shape index (κ2) is 8.05. The maximum absolute atomic E-state index is 12.0. The Kier molecular flexibility index (Phi) is 5.83. The molecule has 1 aromatic heterocycles. The smallest absolute Gasteiger partial charge is 0.287 e. The molecule has 0 spiro atoms. The molecule has 1 aromatic carbocycles. The molecule has 0 atom stereocenters. The molecular formula is C17H20N2O5. The normalized spacial score (nSPS) is 10.1. The van der Waals surface area contributed by atoms with E-state index >= 15 is 0 Å². The van der Waals surface area contributed by atoms with Crippen LogP contribution in [0.3, 0.4) is 0 Å². The van der Waals surface area contributed by atoms with Gasteiger partial charge in [-0.3, -0.25) is 14.9 Å². The van der Waals surface area contributed by atoms with Crippen molar-refractivity contribution in [3.8, 4) is 11.5 Å². The van der Waals surface area contributed by atoms with Crippen molar-refractivity contribution in [1.82, 2.24) is 5.32 Å². The highest BCUT2D eigenvalue weighted by atomic mass is 16.5. The molecule has 2 aromatic rings. The van der Waals surface area contributed by atoms with Crippen molar-refractivity contribution in [3.63, 3.8) is 0 Å². The first-order chi connectivity index (χ1) is 11.5. The summed E-state index contributed by atoms with van der Waals surface area (Å²) in [6.07, 6.45) is 0.575. The van der Waals surface area contributed by atoms with Gasteiger partial charge in [-0.2, -0.15) is 0 Å². The number of ether oxygens (including phenoxy) is 2. The summed E-state index contributed by atoms with van der Waals surface area (Å²) >= 11 is 0. The van der Waals surface area contributed by atoms with Crippen molar-refractivity contribution in [1.29, 1.82) is 0 Å². The molecule has 0 aliphatic carbocycles. The van der Waals surface area contributed by atoms with Gasteiger partial charge in [0.05, 0.1) is 14.2 Å². The quantitative estimate of drug-likeness (QED) is 0.811. The number of methoxy groups -OCH3 is 2. The zero-order valence-corrected chi connectivity index (χ0v) is 13.8. The molecule has 128 valence electrons. The number of amides is 2. The first-order valence-corrected chi connectivity index (χ1v) is 7.40. The number of furan rings is 1. The van der Waals surface area contributed by atoms with Gasteiger partial charge in [-0.05, 0) is 36.2 Å². The van der Waals surface area contributed by atoms with Crippen LogP contribution in [0.15, 0.2) is 34.7 Å². The summed E-state index contributed by atoms with van der Waals surface area (Å²) in [5.41, 5.74) is 0.926. The molecule has 0 saturated carbocycles. The lowest BCUT2D eigenvalue weighted by atomic mass is 10.1. The molecule has 0 fully saturated rings. The Hall–Kier alpha value is -2.96. The number of anilines is 1. The van der Waals surface area contributed by atoms with Crippen molar-refractivity contribution in [2.24, 2.45) is 0 Å². The van der Waals surface area contributed by atoms with Gasteiger partial charge >= 0.3 is 0 Å². The Labute approximate surface area is 139 Å². The minimum Gasteiger partial charge on any atom is -0.497 e. The minimum atomic E-state index is -0.353. The Morgan fingerprint density at radius 3 is 2.58 bits per heavy atom. The van der Waals surface area contributed by atoms with Crippen molar-refractivity contribution in [2.45, 2.75) is 13.3 Å².